The molecule has 0 bridgehead atoms. The Morgan fingerprint density at radius 1 is 0.342 bits per heavy atom. The number of alkyl halides is 1. The average molecular weight is 1690 g/mol. The zero-order valence-electron chi connectivity index (χ0n) is 62.9. The van der Waals surface area contributed by atoms with Gasteiger partial charge in [-0.3, -0.25) is 36.4 Å². The summed E-state index contributed by atoms with van der Waals surface area (Å²) in [6.45, 7) is 6.53. The molecule has 0 unspecified atom stereocenters. The zero-order chi connectivity index (χ0) is 81.6. The summed E-state index contributed by atoms with van der Waals surface area (Å²) in [4.78, 5) is 53.7. The lowest BCUT2D eigenvalue weighted by atomic mass is 10.0. The third kappa shape index (κ3) is 16.3. The van der Waals surface area contributed by atoms with Crippen molar-refractivity contribution in [3.05, 3.63) is 338 Å². The Labute approximate surface area is 675 Å². The maximum atomic E-state index is 13.8. The molecular formula is C87H76BrClN4O17S4. The summed E-state index contributed by atoms with van der Waals surface area (Å²) in [5.41, 5.74) is 5.19. The van der Waals surface area contributed by atoms with Crippen molar-refractivity contribution >= 4 is 135 Å². The van der Waals surface area contributed by atoms with Crippen molar-refractivity contribution in [2.75, 3.05) is 67.1 Å². The van der Waals surface area contributed by atoms with E-state index in [2.05, 4.69) is 15.9 Å². The van der Waals surface area contributed by atoms with Gasteiger partial charge in [0.2, 0.25) is 23.1 Å². The molecule has 4 aliphatic rings. The lowest BCUT2D eigenvalue weighted by Crippen LogP contribution is -2.35. The first-order valence-electron chi connectivity index (χ1n) is 35.5. The molecule has 114 heavy (non-hydrogen) atoms. The van der Waals surface area contributed by atoms with E-state index in [0.29, 0.717) is 79.6 Å². The number of rotatable bonds is 19. The molecule has 15 rings (SSSR count). The molecule has 0 radical (unpaired) electrons. The van der Waals surface area contributed by atoms with Crippen LogP contribution in [0.15, 0.2) is 297 Å². The Hall–Kier alpha value is -11.7. The average Bonchev–Trinajstić information content (AvgIpc) is 0.754. The van der Waals surface area contributed by atoms with Gasteiger partial charge in [0.25, 0.3) is 40.1 Å². The molecule has 4 aliphatic heterocycles. The molecule has 0 aromatic heterocycles. The number of likely N-dealkylation sites (N-methyl/N-ethyl adjacent to an activating group) is 4. The van der Waals surface area contributed by atoms with Gasteiger partial charge in [0, 0.05) is 83.1 Å². The largest absolute Gasteiger partial charge is 0.494 e. The molecule has 0 saturated carbocycles. The first-order chi connectivity index (χ1) is 54.6. The maximum Gasteiger partial charge on any atom is 0.265 e. The number of nitrogens with zero attached hydrogens (tertiary/aromatic N) is 4. The predicted octanol–water partition coefficient (Wildman–Crippen LogP) is 16.3. The molecule has 0 N–H and O–H groups in total. The lowest BCUT2D eigenvalue weighted by molar-refractivity contribution is 0.0998. The van der Waals surface area contributed by atoms with Crippen molar-refractivity contribution in [2.24, 2.45) is 0 Å². The molecule has 0 amide bonds. The van der Waals surface area contributed by atoms with Gasteiger partial charge in [-0.1, -0.05) is 209 Å². The second-order valence-electron chi connectivity index (χ2n) is 26.1. The third-order valence-corrected chi connectivity index (χ3v) is 26.8. The Bertz CT molecular complexity index is 6250. The molecule has 0 fully saturated rings. The van der Waals surface area contributed by atoms with Crippen LogP contribution in [-0.4, -0.2) is 141 Å². The highest BCUT2D eigenvalue weighted by Crippen LogP contribution is 2.43. The number of carbonyl (C=O) groups excluding carboxylic acids is 4. The van der Waals surface area contributed by atoms with E-state index in [1.54, 1.807) is 153 Å². The summed E-state index contributed by atoms with van der Waals surface area (Å²) in [7, 11) is -8.48. The molecule has 0 aliphatic carbocycles. The van der Waals surface area contributed by atoms with Gasteiger partial charge in [-0.15, -0.1) is 0 Å². The van der Waals surface area contributed by atoms with Gasteiger partial charge < -0.3 is 23.7 Å². The van der Waals surface area contributed by atoms with E-state index in [1.807, 2.05) is 98.8 Å². The Morgan fingerprint density at radius 2 is 0.632 bits per heavy atom. The van der Waals surface area contributed by atoms with Crippen molar-refractivity contribution in [1.82, 2.24) is 17.2 Å². The van der Waals surface area contributed by atoms with E-state index >= 15 is 0 Å². The van der Waals surface area contributed by atoms with E-state index in [1.165, 1.54) is 59.6 Å². The topological polar surface area (TPSA) is 264 Å². The number of hydrogen-bond acceptors (Lipinski definition) is 17. The molecule has 0 atom stereocenters. The maximum absolute atomic E-state index is 13.8. The van der Waals surface area contributed by atoms with Gasteiger partial charge >= 0.3 is 0 Å². The summed E-state index contributed by atoms with van der Waals surface area (Å²) in [5, 5.41) is 4.92. The van der Waals surface area contributed by atoms with Crippen LogP contribution in [0, 0.1) is 13.8 Å². The van der Waals surface area contributed by atoms with Crippen LogP contribution in [0.3, 0.4) is 0 Å². The number of ether oxygens (including phenoxy) is 5. The Kier molecular flexibility index (Phi) is 24.7. The van der Waals surface area contributed by atoms with Crippen LogP contribution in [0.1, 0.15) is 81.7 Å². The van der Waals surface area contributed by atoms with E-state index in [4.69, 9.17) is 35.3 Å². The van der Waals surface area contributed by atoms with Gasteiger partial charge in [0.15, 0.2) is 23.0 Å². The van der Waals surface area contributed by atoms with Gasteiger partial charge in [-0.05, 0) is 127 Å². The molecule has 0 spiro atoms. The van der Waals surface area contributed by atoms with Crippen LogP contribution in [0.25, 0.3) is 44.6 Å². The minimum atomic E-state index is -3.95. The molecule has 584 valence electrons. The van der Waals surface area contributed by atoms with E-state index < -0.39 is 57.4 Å². The van der Waals surface area contributed by atoms with Crippen molar-refractivity contribution in [3.8, 4) is 5.75 Å². The van der Waals surface area contributed by atoms with Crippen LogP contribution < -0.4 is 4.74 Å². The number of carbonyl (C=O) groups is 4. The quantitative estimate of drug-likeness (QED) is 0.0414. The third-order valence-electron chi connectivity index (χ3n) is 18.9. The Morgan fingerprint density at radius 3 is 0.982 bits per heavy atom. The highest BCUT2D eigenvalue weighted by atomic mass is 79.9. The van der Waals surface area contributed by atoms with E-state index in [0.717, 1.165) is 49.9 Å². The minimum Gasteiger partial charge on any atom is -0.494 e. The fraction of sp³-hybridized carbons (Fsp3) is 0.149. The second-order valence-corrected chi connectivity index (χ2v) is 35.1. The fourth-order valence-electron chi connectivity index (χ4n) is 13.0. The van der Waals surface area contributed by atoms with Gasteiger partial charge in [0.1, 0.15) is 41.8 Å². The minimum absolute atomic E-state index is 0.0138. The van der Waals surface area contributed by atoms with Crippen molar-refractivity contribution in [1.29, 1.82) is 0 Å². The highest BCUT2D eigenvalue weighted by Gasteiger charge is 2.43. The molecule has 27 heteroatoms. The summed E-state index contributed by atoms with van der Waals surface area (Å²) in [6, 6.07) is 73.1. The number of sulfonamides is 4. The first kappa shape index (κ1) is 81.8. The number of fused-ring (bicyclic) bond motifs is 6. The number of aryl methyl sites for hydroxylation is 2. The predicted molar refractivity (Wildman–Crippen MR) is 442 cm³/mol. The first-order valence-corrected chi connectivity index (χ1v) is 42.8. The zero-order valence-corrected chi connectivity index (χ0v) is 68.5. The smallest absolute Gasteiger partial charge is 0.265 e. The summed E-state index contributed by atoms with van der Waals surface area (Å²) < 4.78 is 137. The normalized spacial score (nSPS) is 15.2. The van der Waals surface area contributed by atoms with Gasteiger partial charge in [-0.2, -0.15) is 0 Å². The fourth-order valence-corrected chi connectivity index (χ4v) is 18.9. The number of ketones is 4. The van der Waals surface area contributed by atoms with Gasteiger partial charge in [0.05, 0.1) is 39.9 Å². The highest BCUT2D eigenvalue weighted by molar-refractivity contribution is 9.09. The van der Waals surface area contributed by atoms with Crippen LogP contribution >= 0.6 is 27.5 Å². The van der Waals surface area contributed by atoms with Crippen LogP contribution in [0.4, 0.5) is 0 Å². The van der Waals surface area contributed by atoms with E-state index in [-0.39, 0.29) is 78.6 Å². The van der Waals surface area contributed by atoms with Crippen molar-refractivity contribution in [2.45, 2.75) is 40.4 Å². The standard InChI is InChI=1S/C28H22ClNO5S.C22H18BrNO4S.C19H19NO4S.C18H17NO4S/c1-30-26(27(31)21-11-10-19-6-2-3-7-20(19)18-21)28(24-8-4-5-9-25(24)36(30,32)33)35-17-16-34-23-14-12-22(29)13-15-23;1-24-20(21(25)17-11-10-15-6-2-3-7-16(15)14-17)22(28-13-12-23)18-8-4-5-9-19(18)29(24,26)27;1-4-24-19-15-7-5-6-8-16(15)25(22,23)20(3)17(19)18(21)14-11-9-13(2)10-12-14;1-12-8-10-13(11-9-12)17(20)16-18(23-3)14-6-4-5-7-15(14)24(21,22)19(16)2/h2-15,18H,16-17H2,1H3;2-11,14H,12-13H2,1H3;5-12H,4H2,1-3H3;4-11H,1-3H3. The SMILES string of the molecule is CCOC1=C(C(=O)c2ccc(C)cc2)N(C)S(=O)(=O)c2ccccc21.CN1C(C(=O)c2ccc3ccccc3c2)=C(OCCBr)c2ccccc2S1(=O)=O.CN1C(C(=O)c2ccc3ccccc3c2)=C(OCCOc2ccc(Cl)cc2)c2ccccc2S1(=O)=O.COC1=C(C(=O)c2ccc(C)cc2)N(C)S(=O)(=O)c2ccccc21. The van der Waals surface area contributed by atoms with Gasteiger partial charge in [-0.25, -0.2) is 33.7 Å². The van der Waals surface area contributed by atoms with Crippen LogP contribution in [0.5, 0.6) is 5.75 Å². The lowest BCUT2D eigenvalue weighted by Gasteiger charge is -2.30. The summed E-state index contributed by atoms with van der Waals surface area (Å²) >= 11 is 9.23. The number of methoxy groups -OCH3 is 1. The van der Waals surface area contributed by atoms with Crippen LogP contribution in [-0.2, 0) is 59.0 Å². The second kappa shape index (κ2) is 34.4. The molecule has 4 heterocycles. The molecule has 11 aromatic rings. The van der Waals surface area contributed by atoms with Crippen molar-refractivity contribution in [3.63, 3.8) is 0 Å². The van der Waals surface area contributed by atoms with Crippen LogP contribution in [0.2, 0.25) is 5.02 Å². The monoisotopic (exact) mass is 1690 g/mol. The van der Waals surface area contributed by atoms with Crippen molar-refractivity contribution < 1.29 is 76.5 Å². The molecular weight excluding hydrogens is 1620 g/mol. The number of halogens is 2. The number of hydrogen-bond donors (Lipinski definition) is 0. The Balaban J connectivity index is 0.000000142. The molecule has 21 nitrogen and oxygen atoms in total. The summed E-state index contributed by atoms with van der Waals surface area (Å²) in [5.74, 6) is 0.00585. The molecule has 11 aromatic carbocycles. The summed E-state index contributed by atoms with van der Waals surface area (Å²) in [6.07, 6.45) is 0. The van der Waals surface area contributed by atoms with E-state index in [9.17, 15) is 52.8 Å². The number of benzene rings is 11. The molecule has 0 saturated heterocycles. The number of Topliss-reactive ketones (excluding diaryl/α,β-unsaturated/α-hetero) is 4. The number of allylic oxidation sites excluding steroid dienone is 4.